The molecule has 0 fully saturated rings. The van der Waals surface area contributed by atoms with Gasteiger partial charge in [0.15, 0.2) is 0 Å². The molecule has 0 saturated carbocycles. The van der Waals surface area contributed by atoms with Crippen molar-refractivity contribution in [3.05, 3.63) is 34.9 Å². The number of carbonyl (C=O) groups is 1. The molecule has 1 amide bonds. The summed E-state index contributed by atoms with van der Waals surface area (Å²) in [6, 6.07) is 6.36. The van der Waals surface area contributed by atoms with Gasteiger partial charge in [-0.1, -0.05) is 18.2 Å². The van der Waals surface area contributed by atoms with Crippen molar-refractivity contribution in [2.75, 3.05) is 26.9 Å². The maximum Gasteiger partial charge on any atom is 0.222 e. The van der Waals surface area contributed by atoms with E-state index in [2.05, 4.69) is 28.8 Å². The van der Waals surface area contributed by atoms with Crippen LogP contribution in [0.15, 0.2) is 18.2 Å². The third-order valence-electron chi connectivity index (χ3n) is 3.30. The largest absolute Gasteiger partial charge is 0.382 e. The van der Waals surface area contributed by atoms with E-state index in [0.29, 0.717) is 32.8 Å². The first kappa shape index (κ1) is 15.0. The second kappa shape index (κ2) is 7.99. The number of methoxy groups -OCH3 is 1. The Balaban J connectivity index is 1.66. The molecule has 5 nitrogen and oxygen atoms in total. The standard InChI is InChI=1S/C15H22N2O3/c1-19-6-7-20-5-4-15(18)17-9-12-2-3-13-10-16-11-14(13)8-12/h2-3,8,16H,4-7,9-11H2,1H3,(H,17,18). The first-order valence-corrected chi connectivity index (χ1v) is 6.94. The molecule has 1 aromatic rings. The minimum atomic E-state index is 0.0149. The van der Waals surface area contributed by atoms with Gasteiger partial charge in [-0.25, -0.2) is 0 Å². The van der Waals surface area contributed by atoms with Crippen LogP contribution in [0, 0.1) is 0 Å². The summed E-state index contributed by atoms with van der Waals surface area (Å²) in [6.07, 6.45) is 0.385. The van der Waals surface area contributed by atoms with Crippen LogP contribution < -0.4 is 10.6 Å². The van der Waals surface area contributed by atoms with E-state index in [1.54, 1.807) is 7.11 Å². The summed E-state index contributed by atoms with van der Waals surface area (Å²) < 4.78 is 10.1. The third kappa shape index (κ3) is 4.59. The highest BCUT2D eigenvalue weighted by atomic mass is 16.5. The van der Waals surface area contributed by atoms with Gasteiger partial charge < -0.3 is 20.1 Å². The highest BCUT2D eigenvalue weighted by Crippen LogP contribution is 2.16. The lowest BCUT2D eigenvalue weighted by atomic mass is 10.1. The van der Waals surface area contributed by atoms with Crippen molar-refractivity contribution in [1.29, 1.82) is 0 Å². The summed E-state index contributed by atoms with van der Waals surface area (Å²) in [4.78, 5) is 11.6. The van der Waals surface area contributed by atoms with Gasteiger partial charge >= 0.3 is 0 Å². The van der Waals surface area contributed by atoms with Crippen molar-refractivity contribution in [2.45, 2.75) is 26.1 Å². The lowest BCUT2D eigenvalue weighted by Crippen LogP contribution is -2.24. The fraction of sp³-hybridized carbons (Fsp3) is 0.533. The van der Waals surface area contributed by atoms with Gasteiger partial charge in [0.25, 0.3) is 0 Å². The van der Waals surface area contributed by atoms with Crippen LogP contribution in [-0.4, -0.2) is 32.8 Å². The summed E-state index contributed by atoms with van der Waals surface area (Å²) in [5.41, 5.74) is 3.83. The average molecular weight is 278 g/mol. The van der Waals surface area contributed by atoms with Gasteiger partial charge in [0.05, 0.1) is 19.8 Å². The number of rotatable bonds is 8. The molecule has 0 aliphatic carbocycles. The van der Waals surface area contributed by atoms with Gasteiger partial charge in [0.2, 0.25) is 5.91 Å². The predicted octanol–water partition coefficient (Wildman–Crippen LogP) is 0.959. The topological polar surface area (TPSA) is 59.6 Å². The number of hydrogen-bond acceptors (Lipinski definition) is 4. The minimum absolute atomic E-state index is 0.0149. The van der Waals surface area contributed by atoms with Crippen LogP contribution >= 0.6 is 0 Å². The molecule has 0 aromatic heterocycles. The number of nitrogens with one attached hydrogen (secondary N) is 2. The lowest BCUT2D eigenvalue weighted by Gasteiger charge is -2.07. The van der Waals surface area contributed by atoms with Gasteiger partial charge in [-0.2, -0.15) is 0 Å². The number of benzene rings is 1. The first-order chi connectivity index (χ1) is 9.79. The number of carbonyl (C=O) groups excluding carboxylic acids is 1. The number of amides is 1. The molecule has 0 saturated heterocycles. The molecular formula is C15H22N2O3. The van der Waals surface area contributed by atoms with Crippen LogP contribution in [0.3, 0.4) is 0 Å². The smallest absolute Gasteiger partial charge is 0.222 e. The monoisotopic (exact) mass is 278 g/mol. The van der Waals surface area contributed by atoms with Crippen LogP contribution in [0.1, 0.15) is 23.1 Å². The maximum absolute atomic E-state index is 11.6. The Morgan fingerprint density at radius 2 is 2.10 bits per heavy atom. The fourth-order valence-electron chi connectivity index (χ4n) is 2.16. The summed E-state index contributed by atoms with van der Waals surface area (Å²) in [7, 11) is 1.63. The van der Waals surface area contributed by atoms with E-state index in [1.165, 1.54) is 11.1 Å². The van der Waals surface area contributed by atoms with E-state index >= 15 is 0 Å². The molecule has 1 aromatic carbocycles. The molecule has 2 N–H and O–H groups in total. The Bertz CT molecular complexity index is 449. The molecule has 0 radical (unpaired) electrons. The Morgan fingerprint density at radius 3 is 2.95 bits per heavy atom. The lowest BCUT2D eigenvalue weighted by molar-refractivity contribution is -0.122. The van der Waals surface area contributed by atoms with Crippen LogP contribution in [0.2, 0.25) is 0 Å². The minimum Gasteiger partial charge on any atom is -0.382 e. The van der Waals surface area contributed by atoms with E-state index in [1.807, 2.05) is 0 Å². The molecule has 0 bridgehead atoms. The van der Waals surface area contributed by atoms with Gasteiger partial charge in [-0.05, 0) is 16.7 Å². The van der Waals surface area contributed by atoms with Gasteiger partial charge in [-0.15, -0.1) is 0 Å². The molecule has 1 aliphatic rings. The van der Waals surface area contributed by atoms with Gasteiger partial charge in [0, 0.05) is 33.2 Å². The molecule has 2 rings (SSSR count). The molecular weight excluding hydrogens is 256 g/mol. The summed E-state index contributed by atoms with van der Waals surface area (Å²) in [6.45, 7) is 3.96. The summed E-state index contributed by atoms with van der Waals surface area (Å²) >= 11 is 0. The Hall–Kier alpha value is -1.43. The Labute approximate surface area is 119 Å². The highest BCUT2D eigenvalue weighted by molar-refractivity contribution is 5.75. The van der Waals surface area contributed by atoms with Crippen molar-refractivity contribution in [1.82, 2.24) is 10.6 Å². The SMILES string of the molecule is COCCOCCC(=O)NCc1ccc2c(c1)CNC2. The quantitative estimate of drug-likeness (QED) is 0.695. The zero-order valence-electron chi connectivity index (χ0n) is 11.9. The van der Waals surface area contributed by atoms with E-state index in [4.69, 9.17) is 9.47 Å². The molecule has 110 valence electrons. The molecule has 0 atom stereocenters. The maximum atomic E-state index is 11.6. The van der Waals surface area contributed by atoms with Crippen molar-refractivity contribution < 1.29 is 14.3 Å². The van der Waals surface area contributed by atoms with E-state index in [-0.39, 0.29) is 5.91 Å². The van der Waals surface area contributed by atoms with Crippen LogP contribution in [0.4, 0.5) is 0 Å². The van der Waals surface area contributed by atoms with Gasteiger partial charge in [-0.3, -0.25) is 4.79 Å². The second-order valence-corrected chi connectivity index (χ2v) is 4.84. The normalized spacial score (nSPS) is 13.2. The predicted molar refractivity (Wildman–Crippen MR) is 76.1 cm³/mol. The van der Waals surface area contributed by atoms with Crippen LogP contribution in [-0.2, 0) is 33.9 Å². The highest BCUT2D eigenvalue weighted by Gasteiger charge is 2.10. The van der Waals surface area contributed by atoms with E-state index < -0.39 is 0 Å². The first-order valence-electron chi connectivity index (χ1n) is 6.94. The Kier molecular flexibility index (Phi) is 5.98. The van der Waals surface area contributed by atoms with Crippen LogP contribution in [0.5, 0.6) is 0 Å². The molecule has 20 heavy (non-hydrogen) atoms. The number of fused-ring (bicyclic) bond motifs is 1. The molecule has 0 spiro atoms. The molecule has 1 heterocycles. The molecule has 1 aliphatic heterocycles. The number of hydrogen-bond donors (Lipinski definition) is 2. The van der Waals surface area contributed by atoms with Gasteiger partial charge in [0.1, 0.15) is 0 Å². The van der Waals surface area contributed by atoms with Crippen molar-refractivity contribution in [2.24, 2.45) is 0 Å². The van der Waals surface area contributed by atoms with Crippen molar-refractivity contribution in [3.8, 4) is 0 Å². The summed E-state index contributed by atoms with van der Waals surface area (Å²) in [5.74, 6) is 0.0149. The number of ether oxygens (including phenoxy) is 2. The zero-order chi connectivity index (χ0) is 14.2. The van der Waals surface area contributed by atoms with E-state index in [9.17, 15) is 4.79 Å². The van der Waals surface area contributed by atoms with Crippen molar-refractivity contribution >= 4 is 5.91 Å². The summed E-state index contributed by atoms with van der Waals surface area (Å²) in [5, 5.41) is 6.22. The molecule has 5 heteroatoms. The third-order valence-corrected chi connectivity index (χ3v) is 3.30. The Morgan fingerprint density at radius 1 is 1.25 bits per heavy atom. The van der Waals surface area contributed by atoms with E-state index in [0.717, 1.165) is 18.7 Å². The van der Waals surface area contributed by atoms with Crippen LogP contribution in [0.25, 0.3) is 0 Å². The molecule has 0 unspecified atom stereocenters. The average Bonchev–Trinajstić information content (AvgIpc) is 2.92. The fourth-order valence-corrected chi connectivity index (χ4v) is 2.16. The second-order valence-electron chi connectivity index (χ2n) is 4.84. The zero-order valence-corrected chi connectivity index (χ0v) is 11.9. The van der Waals surface area contributed by atoms with Crippen molar-refractivity contribution in [3.63, 3.8) is 0 Å².